The molecular formula is C30H28NSSi+. The summed E-state index contributed by atoms with van der Waals surface area (Å²) in [4.78, 5) is 2.81. The van der Waals surface area contributed by atoms with Crippen molar-refractivity contribution in [2.24, 2.45) is 7.05 Å². The standard InChI is InChI=1S/C30H28NSSi/c1-19-24-13-9-10-14-25(24)20(2)30-27(19)29-28-21(15-16-31(29)3)17-23(18-26(28)32-30)33(4,5)22-11-7-6-8-12-22/h6-18H,1-5H3/q+1. The van der Waals surface area contributed by atoms with Gasteiger partial charge >= 0.3 is 0 Å². The van der Waals surface area contributed by atoms with Crippen LogP contribution in [-0.4, -0.2) is 8.07 Å². The predicted molar refractivity (Wildman–Crippen MR) is 145 cm³/mol. The fraction of sp³-hybridized carbons (Fsp3) is 0.167. The van der Waals surface area contributed by atoms with Crippen molar-refractivity contribution >= 4 is 51.8 Å². The summed E-state index contributed by atoms with van der Waals surface area (Å²) in [5, 5.41) is 8.48. The second-order valence-electron chi connectivity index (χ2n) is 9.81. The average molecular weight is 463 g/mol. The monoisotopic (exact) mass is 462 g/mol. The first-order valence-electron chi connectivity index (χ1n) is 11.6. The van der Waals surface area contributed by atoms with Gasteiger partial charge < -0.3 is 0 Å². The fourth-order valence-corrected chi connectivity index (χ4v) is 9.33. The molecule has 0 fully saturated rings. The van der Waals surface area contributed by atoms with Gasteiger partial charge in [-0.05, 0) is 47.2 Å². The largest absolute Gasteiger partial charge is 0.222 e. The van der Waals surface area contributed by atoms with Crippen LogP contribution in [0.25, 0.3) is 32.8 Å². The maximum Gasteiger partial charge on any atom is 0.222 e. The van der Waals surface area contributed by atoms with Crippen LogP contribution in [0.5, 0.6) is 0 Å². The second-order valence-corrected chi connectivity index (χ2v) is 15.3. The minimum absolute atomic E-state index is 1.35. The summed E-state index contributed by atoms with van der Waals surface area (Å²) in [6.07, 6.45) is 2.24. The van der Waals surface area contributed by atoms with Crippen molar-refractivity contribution in [1.29, 1.82) is 0 Å². The molecule has 1 aliphatic heterocycles. The second kappa shape index (κ2) is 7.31. The van der Waals surface area contributed by atoms with Crippen molar-refractivity contribution in [3.8, 4) is 11.3 Å². The minimum Gasteiger partial charge on any atom is -0.200 e. The number of hydrogen-bond donors (Lipinski definition) is 0. The summed E-state index contributed by atoms with van der Waals surface area (Å²) >= 11 is 1.97. The molecule has 0 radical (unpaired) electrons. The number of fused-ring (bicyclic) bond motifs is 3. The van der Waals surface area contributed by atoms with E-state index in [1.54, 1.807) is 0 Å². The highest BCUT2D eigenvalue weighted by Gasteiger charge is 2.33. The van der Waals surface area contributed by atoms with E-state index in [0.29, 0.717) is 0 Å². The van der Waals surface area contributed by atoms with E-state index in [0.717, 1.165) is 0 Å². The first kappa shape index (κ1) is 20.7. The van der Waals surface area contributed by atoms with E-state index in [4.69, 9.17) is 0 Å². The molecule has 0 unspecified atom stereocenters. The topological polar surface area (TPSA) is 3.88 Å². The Kier molecular flexibility index (Phi) is 4.59. The molecule has 4 aromatic carbocycles. The smallest absolute Gasteiger partial charge is 0.200 e. The Morgan fingerprint density at radius 1 is 0.758 bits per heavy atom. The number of rotatable bonds is 2. The molecule has 0 amide bonds. The lowest BCUT2D eigenvalue weighted by Crippen LogP contribution is -2.52. The number of benzene rings is 4. The molecule has 0 saturated carbocycles. The zero-order valence-electron chi connectivity index (χ0n) is 19.9. The zero-order chi connectivity index (χ0) is 22.9. The molecule has 1 aromatic heterocycles. The maximum atomic E-state index is 2.50. The third-order valence-electron chi connectivity index (χ3n) is 7.54. The molecule has 1 nitrogen and oxygen atoms in total. The van der Waals surface area contributed by atoms with Gasteiger partial charge in [-0.2, -0.15) is 0 Å². The molecule has 2 heterocycles. The molecule has 5 aromatic rings. The van der Waals surface area contributed by atoms with Crippen molar-refractivity contribution in [3.63, 3.8) is 0 Å². The molecule has 1 aliphatic rings. The highest BCUT2D eigenvalue weighted by Crippen LogP contribution is 2.50. The van der Waals surface area contributed by atoms with Gasteiger partial charge in [0.1, 0.15) is 15.1 Å². The summed E-state index contributed by atoms with van der Waals surface area (Å²) in [7, 11) is 0.386. The van der Waals surface area contributed by atoms with Crippen LogP contribution in [0.4, 0.5) is 0 Å². The van der Waals surface area contributed by atoms with Gasteiger partial charge in [0, 0.05) is 15.9 Å². The predicted octanol–water partition coefficient (Wildman–Crippen LogP) is 6.39. The molecule has 0 atom stereocenters. The van der Waals surface area contributed by atoms with Crippen LogP contribution in [0.3, 0.4) is 0 Å². The Morgan fingerprint density at radius 2 is 1.42 bits per heavy atom. The van der Waals surface area contributed by atoms with E-state index >= 15 is 0 Å². The van der Waals surface area contributed by atoms with Crippen LogP contribution < -0.4 is 14.9 Å². The van der Waals surface area contributed by atoms with E-state index in [1.165, 1.54) is 64.1 Å². The number of aryl methyl sites for hydroxylation is 3. The number of nitrogens with zero attached hydrogens (tertiary/aromatic N) is 1. The summed E-state index contributed by atoms with van der Waals surface area (Å²) in [6.45, 7) is 9.55. The number of pyridine rings is 1. The molecule has 0 bridgehead atoms. The first-order chi connectivity index (χ1) is 15.9. The van der Waals surface area contributed by atoms with E-state index in [1.807, 2.05) is 11.8 Å². The molecule has 162 valence electrons. The van der Waals surface area contributed by atoms with Gasteiger partial charge in [0.05, 0.1) is 10.9 Å². The zero-order valence-corrected chi connectivity index (χ0v) is 21.7. The minimum atomic E-state index is -1.81. The fourth-order valence-electron chi connectivity index (χ4n) is 5.50. The average Bonchev–Trinajstić information content (AvgIpc) is 2.84. The van der Waals surface area contributed by atoms with Crippen molar-refractivity contribution in [2.75, 3.05) is 0 Å². The molecule has 0 saturated heterocycles. The highest BCUT2D eigenvalue weighted by atomic mass is 32.2. The molecule has 3 heteroatoms. The lowest BCUT2D eigenvalue weighted by Gasteiger charge is -2.27. The molecule has 6 rings (SSSR count). The van der Waals surface area contributed by atoms with Crippen molar-refractivity contribution in [1.82, 2.24) is 0 Å². The van der Waals surface area contributed by atoms with Gasteiger partial charge in [0.25, 0.3) is 0 Å². The van der Waals surface area contributed by atoms with Gasteiger partial charge in [-0.15, -0.1) is 0 Å². The van der Waals surface area contributed by atoms with Gasteiger partial charge in [0.15, 0.2) is 6.20 Å². The Hall–Kier alpha value is -2.88. The third-order valence-corrected chi connectivity index (χ3v) is 12.3. The van der Waals surface area contributed by atoms with Crippen molar-refractivity contribution in [3.05, 3.63) is 90.1 Å². The SMILES string of the molecule is Cc1c2c(c(C)c3ccccc13)-c1c3c(cc([Si](C)(C)c4ccccc4)cc3cc[n+]1C)S2. The van der Waals surface area contributed by atoms with E-state index < -0.39 is 8.07 Å². The lowest BCUT2D eigenvalue weighted by molar-refractivity contribution is -0.659. The Balaban J connectivity index is 1.69. The Morgan fingerprint density at radius 3 is 2.15 bits per heavy atom. The highest BCUT2D eigenvalue weighted by molar-refractivity contribution is 8.00. The summed E-state index contributed by atoms with van der Waals surface area (Å²) < 4.78 is 2.32. The van der Waals surface area contributed by atoms with Crippen LogP contribution >= 0.6 is 11.8 Å². The van der Waals surface area contributed by atoms with Gasteiger partial charge in [-0.25, -0.2) is 4.57 Å². The van der Waals surface area contributed by atoms with Gasteiger partial charge in [0.2, 0.25) is 5.69 Å². The normalized spacial score (nSPS) is 12.9. The molecule has 33 heavy (non-hydrogen) atoms. The van der Waals surface area contributed by atoms with Crippen molar-refractivity contribution < 1.29 is 4.57 Å². The van der Waals surface area contributed by atoms with Gasteiger partial charge in [-0.3, -0.25) is 0 Å². The lowest BCUT2D eigenvalue weighted by atomic mass is 9.91. The van der Waals surface area contributed by atoms with Crippen LogP contribution in [0.2, 0.25) is 13.1 Å². The summed E-state index contributed by atoms with van der Waals surface area (Å²) in [5.41, 5.74) is 5.54. The van der Waals surface area contributed by atoms with E-state index in [-0.39, 0.29) is 0 Å². The molecule has 0 N–H and O–H groups in total. The van der Waals surface area contributed by atoms with Crippen LogP contribution in [0, 0.1) is 13.8 Å². The summed E-state index contributed by atoms with van der Waals surface area (Å²) in [5.74, 6) is 0. The van der Waals surface area contributed by atoms with Crippen molar-refractivity contribution in [2.45, 2.75) is 36.7 Å². The third kappa shape index (κ3) is 2.96. The van der Waals surface area contributed by atoms with Crippen LogP contribution in [-0.2, 0) is 7.05 Å². The summed E-state index contributed by atoms with van der Waals surface area (Å²) in [6, 6.07) is 27.2. The van der Waals surface area contributed by atoms with E-state index in [2.05, 4.69) is 118 Å². The van der Waals surface area contributed by atoms with Crippen LogP contribution in [0.1, 0.15) is 11.1 Å². The van der Waals surface area contributed by atoms with E-state index in [9.17, 15) is 0 Å². The first-order valence-corrected chi connectivity index (χ1v) is 15.4. The Bertz CT molecular complexity index is 1580. The molecule has 0 aliphatic carbocycles. The molecular weight excluding hydrogens is 434 g/mol. The quantitative estimate of drug-likeness (QED) is 0.213. The van der Waals surface area contributed by atoms with Gasteiger partial charge in [-0.1, -0.05) is 95.9 Å². The van der Waals surface area contributed by atoms with Crippen LogP contribution in [0.15, 0.2) is 88.8 Å². The Labute approximate surface area is 201 Å². The maximum absolute atomic E-state index is 2.50. The number of aromatic nitrogens is 1. The number of hydrogen-bond acceptors (Lipinski definition) is 1. The molecule has 0 spiro atoms.